The number of pyridine rings is 1. The maximum Gasteiger partial charge on any atom is 0.573 e. The number of ether oxygens (including phenoxy) is 1. The van der Waals surface area contributed by atoms with Crippen LogP contribution in [0.15, 0.2) is 18.3 Å². The minimum atomic E-state index is -4.83. The lowest BCUT2D eigenvalue weighted by atomic mass is 10.0. The third-order valence-electron chi connectivity index (χ3n) is 7.09. The zero-order chi connectivity index (χ0) is 22.6. The largest absolute Gasteiger partial charge is 0.573 e. The number of nitrogens with one attached hydrogen (secondary N) is 1. The Bertz CT molecular complexity index is 973. The van der Waals surface area contributed by atoms with Crippen LogP contribution in [0, 0.1) is 11.8 Å². The first kappa shape index (κ1) is 21.5. The van der Waals surface area contributed by atoms with E-state index in [2.05, 4.69) is 33.8 Å². The fraction of sp³-hybridized carbons (Fsp3) is 0.636. The zero-order valence-corrected chi connectivity index (χ0v) is 18.3. The van der Waals surface area contributed by atoms with Crippen molar-refractivity contribution in [3.05, 3.63) is 24.0 Å². The van der Waals surface area contributed by atoms with Crippen LogP contribution in [0.4, 0.5) is 19.0 Å². The fourth-order valence-electron chi connectivity index (χ4n) is 5.61. The van der Waals surface area contributed by atoms with Crippen LogP contribution in [-0.4, -0.2) is 58.2 Å². The summed E-state index contributed by atoms with van der Waals surface area (Å²) in [5, 5.41) is 8.14. The van der Waals surface area contributed by atoms with E-state index < -0.39 is 12.1 Å². The van der Waals surface area contributed by atoms with Crippen molar-refractivity contribution < 1.29 is 17.9 Å². The van der Waals surface area contributed by atoms with Crippen molar-refractivity contribution in [3.8, 4) is 17.0 Å². The lowest BCUT2D eigenvalue weighted by Gasteiger charge is -2.34. The number of aromatic nitrogens is 3. The quantitative estimate of drug-likeness (QED) is 0.727. The summed E-state index contributed by atoms with van der Waals surface area (Å²) in [5.41, 5.74) is 7.80. The van der Waals surface area contributed by atoms with E-state index in [1.54, 1.807) is 0 Å². The van der Waals surface area contributed by atoms with E-state index in [0.29, 0.717) is 35.1 Å². The second-order valence-corrected chi connectivity index (χ2v) is 9.41. The molecule has 2 unspecified atom stereocenters. The van der Waals surface area contributed by atoms with Gasteiger partial charge in [0.2, 0.25) is 0 Å². The Kier molecular flexibility index (Phi) is 5.32. The molecule has 7 nitrogen and oxygen atoms in total. The highest BCUT2D eigenvalue weighted by Gasteiger charge is 2.58. The van der Waals surface area contributed by atoms with Gasteiger partial charge in [-0.25, -0.2) is 4.98 Å². The zero-order valence-electron chi connectivity index (χ0n) is 18.3. The van der Waals surface area contributed by atoms with Crippen molar-refractivity contribution in [1.29, 1.82) is 0 Å². The number of nitrogens with two attached hydrogens (primary N) is 1. The number of halogens is 3. The molecule has 1 saturated heterocycles. The first-order chi connectivity index (χ1) is 15.2. The van der Waals surface area contributed by atoms with Gasteiger partial charge in [-0.3, -0.25) is 9.58 Å². The molecule has 3 aliphatic rings. The molecule has 1 aliphatic heterocycles. The van der Waals surface area contributed by atoms with Gasteiger partial charge < -0.3 is 15.8 Å². The number of anilines is 1. The molecule has 32 heavy (non-hydrogen) atoms. The Labute approximate surface area is 185 Å². The molecule has 10 heteroatoms. The Hall–Kier alpha value is -2.33. The van der Waals surface area contributed by atoms with E-state index in [-0.39, 0.29) is 11.9 Å². The smallest absolute Gasteiger partial charge is 0.402 e. The average molecular weight is 451 g/mol. The first-order valence-corrected chi connectivity index (χ1v) is 11.3. The van der Waals surface area contributed by atoms with Crippen LogP contribution in [0.2, 0.25) is 0 Å². The highest BCUT2D eigenvalue weighted by Crippen LogP contribution is 2.64. The van der Waals surface area contributed by atoms with Gasteiger partial charge in [-0.15, -0.1) is 13.2 Å². The van der Waals surface area contributed by atoms with Crippen LogP contribution in [-0.2, 0) is 0 Å². The predicted molar refractivity (Wildman–Crippen MR) is 114 cm³/mol. The van der Waals surface area contributed by atoms with E-state index in [0.717, 1.165) is 26.2 Å². The normalized spacial score (nSPS) is 28.2. The molecule has 4 atom stereocenters. The number of fused-ring (bicyclic) bond motifs is 1. The number of piperazine rings is 1. The molecule has 5 rings (SSSR count). The molecule has 3 fully saturated rings. The number of hydrogen-bond acceptors (Lipinski definition) is 6. The Balaban J connectivity index is 1.36. The molecule has 0 amide bonds. The van der Waals surface area contributed by atoms with E-state index in [1.165, 1.54) is 30.8 Å². The molecule has 3 heterocycles. The van der Waals surface area contributed by atoms with Gasteiger partial charge in [0.25, 0.3) is 0 Å². The Morgan fingerprint density at radius 3 is 2.47 bits per heavy atom. The van der Waals surface area contributed by atoms with Gasteiger partial charge in [0.1, 0.15) is 0 Å². The van der Waals surface area contributed by atoms with Crippen molar-refractivity contribution in [2.45, 2.75) is 51.1 Å². The van der Waals surface area contributed by atoms with Crippen molar-refractivity contribution in [3.63, 3.8) is 0 Å². The Morgan fingerprint density at radius 1 is 1.16 bits per heavy atom. The number of nitrogen functional groups attached to an aromatic ring is 1. The molecule has 2 aromatic heterocycles. The fourth-order valence-corrected chi connectivity index (χ4v) is 5.61. The third-order valence-corrected chi connectivity index (χ3v) is 7.09. The molecule has 2 aromatic rings. The lowest BCUT2D eigenvalue weighted by Crippen LogP contribution is -2.48. The second kappa shape index (κ2) is 7.91. The highest BCUT2D eigenvalue weighted by atomic mass is 19.4. The number of nitrogens with zero attached hydrogens (tertiary/aromatic N) is 4. The molecular formula is C22H29F3N6O. The second-order valence-electron chi connectivity index (χ2n) is 9.41. The summed E-state index contributed by atoms with van der Waals surface area (Å²) < 4.78 is 44.2. The third kappa shape index (κ3) is 4.05. The number of hydrogen-bond donors (Lipinski definition) is 2. The SMILES string of the molecule is CC(C)n1nc(-c2cnc(N)c(OC(F)(F)F)c2)cc1C1[C@H]2CC(N3CCNCC3)C[C@@H]12. The van der Waals surface area contributed by atoms with Gasteiger partial charge in [-0.05, 0) is 50.7 Å². The van der Waals surface area contributed by atoms with Crippen LogP contribution >= 0.6 is 0 Å². The van der Waals surface area contributed by atoms with Crippen LogP contribution in [0.25, 0.3) is 11.3 Å². The lowest BCUT2D eigenvalue weighted by molar-refractivity contribution is -0.274. The monoisotopic (exact) mass is 450 g/mol. The summed E-state index contributed by atoms with van der Waals surface area (Å²) in [6.07, 6.45) is -0.964. The molecule has 0 aromatic carbocycles. The number of alkyl halides is 3. The first-order valence-electron chi connectivity index (χ1n) is 11.3. The van der Waals surface area contributed by atoms with Crippen molar-refractivity contribution in [1.82, 2.24) is 25.0 Å². The maximum atomic E-state index is 12.7. The molecular weight excluding hydrogens is 421 g/mol. The van der Waals surface area contributed by atoms with E-state index in [4.69, 9.17) is 10.8 Å². The van der Waals surface area contributed by atoms with E-state index in [9.17, 15) is 13.2 Å². The standard InChI is InChI=1S/C22H29F3N6O/c1-12(2)31-18(20-15-8-14(9-16(15)20)30-5-3-27-4-6-30)10-17(29-31)13-7-19(21(26)28-11-13)32-22(23,24)25/h7,10-12,14-16,20,27H,3-6,8-9H2,1-2H3,(H2,26,28)/t14?,15-,16+,20?. The molecule has 174 valence electrons. The van der Waals surface area contributed by atoms with Gasteiger partial charge in [-0.2, -0.15) is 5.10 Å². The van der Waals surface area contributed by atoms with Gasteiger partial charge in [-0.1, -0.05) is 0 Å². The van der Waals surface area contributed by atoms with Crippen molar-refractivity contribution >= 4 is 5.82 Å². The minimum absolute atomic E-state index is 0.150. The average Bonchev–Trinajstić information content (AvgIpc) is 3.09. The van der Waals surface area contributed by atoms with Crippen LogP contribution < -0.4 is 15.8 Å². The predicted octanol–water partition coefficient (Wildman–Crippen LogP) is 3.40. The van der Waals surface area contributed by atoms with Gasteiger partial charge >= 0.3 is 6.36 Å². The van der Waals surface area contributed by atoms with Gasteiger partial charge in [0.05, 0.1) is 5.69 Å². The molecule has 0 bridgehead atoms. The molecule has 2 aliphatic carbocycles. The summed E-state index contributed by atoms with van der Waals surface area (Å²) >= 11 is 0. The Morgan fingerprint density at radius 2 is 1.84 bits per heavy atom. The van der Waals surface area contributed by atoms with E-state index >= 15 is 0 Å². The van der Waals surface area contributed by atoms with Crippen LogP contribution in [0.1, 0.15) is 44.3 Å². The maximum absolute atomic E-state index is 12.7. The summed E-state index contributed by atoms with van der Waals surface area (Å²) in [4.78, 5) is 6.51. The summed E-state index contributed by atoms with van der Waals surface area (Å²) in [5.74, 6) is 0.977. The molecule has 3 N–H and O–H groups in total. The van der Waals surface area contributed by atoms with Crippen LogP contribution in [0.3, 0.4) is 0 Å². The van der Waals surface area contributed by atoms with Crippen molar-refractivity contribution in [2.75, 3.05) is 31.9 Å². The minimum Gasteiger partial charge on any atom is -0.402 e. The summed E-state index contributed by atoms with van der Waals surface area (Å²) in [6, 6.07) is 4.09. The highest BCUT2D eigenvalue weighted by molar-refractivity contribution is 5.64. The summed E-state index contributed by atoms with van der Waals surface area (Å²) in [7, 11) is 0. The molecule has 0 spiro atoms. The number of rotatable bonds is 5. The van der Waals surface area contributed by atoms with Gasteiger partial charge in [0, 0.05) is 61.6 Å². The molecule has 0 radical (unpaired) electrons. The summed E-state index contributed by atoms with van der Waals surface area (Å²) in [6.45, 7) is 8.51. The van der Waals surface area contributed by atoms with E-state index in [1.807, 2.05) is 10.7 Å². The molecule has 2 saturated carbocycles. The van der Waals surface area contributed by atoms with Crippen LogP contribution in [0.5, 0.6) is 5.75 Å². The van der Waals surface area contributed by atoms with Crippen molar-refractivity contribution in [2.24, 2.45) is 11.8 Å². The topological polar surface area (TPSA) is 81.2 Å². The van der Waals surface area contributed by atoms with Gasteiger partial charge in [0.15, 0.2) is 11.6 Å².